The second-order valence-corrected chi connectivity index (χ2v) is 3.25. The first-order valence-electron chi connectivity index (χ1n) is 4.78. The number of pyridine rings is 1. The number of carboxylic acids is 1. The minimum atomic E-state index is -0.849. The van der Waals surface area contributed by atoms with Crippen molar-refractivity contribution in [3.05, 3.63) is 30.7 Å². The van der Waals surface area contributed by atoms with Gasteiger partial charge in [-0.1, -0.05) is 5.21 Å². The van der Waals surface area contributed by atoms with Crippen molar-refractivity contribution in [2.24, 2.45) is 0 Å². The highest BCUT2D eigenvalue weighted by Crippen LogP contribution is 2.13. The number of rotatable bonds is 4. The largest absolute Gasteiger partial charge is 0.481 e. The Balaban J connectivity index is 2.11. The molecule has 0 amide bonds. The first kappa shape index (κ1) is 10.3. The van der Waals surface area contributed by atoms with Crippen molar-refractivity contribution in [1.82, 2.24) is 20.0 Å². The highest BCUT2D eigenvalue weighted by Gasteiger charge is 2.04. The Morgan fingerprint density at radius 1 is 1.50 bits per heavy atom. The molecule has 0 aromatic carbocycles. The molecule has 6 nitrogen and oxygen atoms in total. The molecule has 0 spiro atoms. The van der Waals surface area contributed by atoms with E-state index in [9.17, 15) is 4.79 Å². The van der Waals surface area contributed by atoms with E-state index < -0.39 is 5.97 Å². The predicted octanol–water partition coefficient (Wildman–Crippen LogP) is 0.815. The Morgan fingerprint density at radius 2 is 2.38 bits per heavy atom. The summed E-state index contributed by atoms with van der Waals surface area (Å²) >= 11 is 0. The topological polar surface area (TPSA) is 80.9 Å². The van der Waals surface area contributed by atoms with Gasteiger partial charge in [0.15, 0.2) is 0 Å². The molecule has 2 heterocycles. The van der Waals surface area contributed by atoms with Crippen molar-refractivity contribution in [3.8, 4) is 11.3 Å². The molecule has 0 radical (unpaired) electrons. The average Bonchev–Trinajstić information content (AvgIpc) is 2.76. The third-order valence-corrected chi connectivity index (χ3v) is 2.05. The van der Waals surface area contributed by atoms with Crippen LogP contribution in [0.5, 0.6) is 0 Å². The Kier molecular flexibility index (Phi) is 2.90. The van der Waals surface area contributed by atoms with Gasteiger partial charge in [0.05, 0.1) is 19.2 Å². The van der Waals surface area contributed by atoms with Crippen molar-refractivity contribution >= 4 is 5.97 Å². The predicted molar refractivity (Wildman–Crippen MR) is 55.5 cm³/mol. The lowest BCUT2D eigenvalue weighted by Crippen LogP contribution is -2.04. The molecule has 82 valence electrons. The number of carboxylic acid groups (broad SMARTS) is 1. The molecule has 0 fully saturated rings. The summed E-state index contributed by atoms with van der Waals surface area (Å²) in [5.74, 6) is -0.849. The lowest BCUT2D eigenvalue weighted by atomic mass is 10.2. The zero-order valence-corrected chi connectivity index (χ0v) is 8.45. The van der Waals surface area contributed by atoms with Gasteiger partial charge in [-0.15, -0.1) is 5.10 Å². The van der Waals surface area contributed by atoms with E-state index in [4.69, 9.17) is 5.11 Å². The summed E-state index contributed by atoms with van der Waals surface area (Å²) in [5, 5.41) is 16.3. The van der Waals surface area contributed by atoms with E-state index in [-0.39, 0.29) is 6.42 Å². The summed E-state index contributed by atoms with van der Waals surface area (Å²) in [7, 11) is 0. The Bertz CT molecular complexity index is 481. The molecule has 0 atom stereocenters. The van der Waals surface area contributed by atoms with Crippen LogP contribution in [0.25, 0.3) is 11.3 Å². The van der Waals surface area contributed by atoms with E-state index in [0.29, 0.717) is 12.2 Å². The minimum Gasteiger partial charge on any atom is -0.481 e. The fourth-order valence-corrected chi connectivity index (χ4v) is 1.26. The van der Waals surface area contributed by atoms with Crippen LogP contribution in [0.2, 0.25) is 0 Å². The summed E-state index contributed by atoms with van der Waals surface area (Å²) in [6, 6.07) is 3.68. The summed E-state index contributed by atoms with van der Waals surface area (Å²) in [6.45, 7) is 0.322. The molecular weight excluding hydrogens is 208 g/mol. The van der Waals surface area contributed by atoms with E-state index in [1.165, 1.54) is 4.68 Å². The van der Waals surface area contributed by atoms with Crippen molar-refractivity contribution in [2.75, 3.05) is 0 Å². The Morgan fingerprint density at radius 3 is 3.06 bits per heavy atom. The normalized spacial score (nSPS) is 10.2. The van der Waals surface area contributed by atoms with Gasteiger partial charge >= 0.3 is 5.97 Å². The lowest BCUT2D eigenvalue weighted by molar-refractivity contribution is -0.137. The number of carbonyl (C=O) groups is 1. The molecular formula is C10H10N4O2. The first-order valence-corrected chi connectivity index (χ1v) is 4.78. The maximum absolute atomic E-state index is 10.4. The number of nitrogens with zero attached hydrogens (tertiary/aromatic N) is 4. The van der Waals surface area contributed by atoms with Gasteiger partial charge < -0.3 is 5.11 Å². The molecule has 0 saturated carbocycles. The highest BCUT2D eigenvalue weighted by atomic mass is 16.4. The van der Waals surface area contributed by atoms with Crippen LogP contribution in [0.4, 0.5) is 0 Å². The maximum atomic E-state index is 10.4. The molecule has 0 unspecified atom stereocenters. The van der Waals surface area contributed by atoms with Gasteiger partial charge in [0.25, 0.3) is 0 Å². The monoisotopic (exact) mass is 218 g/mol. The van der Waals surface area contributed by atoms with Crippen LogP contribution in [0.3, 0.4) is 0 Å². The van der Waals surface area contributed by atoms with Crippen molar-refractivity contribution in [2.45, 2.75) is 13.0 Å². The summed E-state index contributed by atoms with van der Waals surface area (Å²) < 4.78 is 1.51. The van der Waals surface area contributed by atoms with E-state index in [1.54, 1.807) is 18.6 Å². The fourth-order valence-electron chi connectivity index (χ4n) is 1.26. The maximum Gasteiger partial charge on any atom is 0.305 e. The molecule has 0 aliphatic carbocycles. The molecule has 6 heteroatoms. The van der Waals surface area contributed by atoms with Gasteiger partial charge in [0.1, 0.15) is 5.69 Å². The Labute approximate surface area is 91.6 Å². The molecule has 2 rings (SSSR count). The van der Waals surface area contributed by atoms with Crippen LogP contribution in [-0.4, -0.2) is 31.1 Å². The number of aromatic nitrogens is 4. The standard InChI is InChI=1S/C10H10N4O2/c15-10(16)3-5-14-7-9(12-13-14)8-2-1-4-11-6-8/h1-2,4,6-7H,3,5H2,(H,15,16). The van der Waals surface area contributed by atoms with Crippen LogP contribution in [0.15, 0.2) is 30.7 Å². The van der Waals surface area contributed by atoms with Gasteiger partial charge in [-0.25, -0.2) is 0 Å². The summed E-state index contributed by atoms with van der Waals surface area (Å²) in [6.07, 6.45) is 5.11. The number of hydrogen-bond acceptors (Lipinski definition) is 4. The molecule has 0 saturated heterocycles. The first-order chi connectivity index (χ1) is 7.75. The van der Waals surface area contributed by atoms with E-state index >= 15 is 0 Å². The molecule has 0 aliphatic rings. The molecule has 2 aromatic heterocycles. The third kappa shape index (κ3) is 2.41. The summed E-state index contributed by atoms with van der Waals surface area (Å²) in [5.41, 5.74) is 1.56. The van der Waals surface area contributed by atoms with Crippen molar-refractivity contribution < 1.29 is 9.90 Å². The number of aryl methyl sites for hydroxylation is 1. The van der Waals surface area contributed by atoms with Crippen LogP contribution in [0, 0.1) is 0 Å². The van der Waals surface area contributed by atoms with Gasteiger partial charge in [0, 0.05) is 18.0 Å². The average molecular weight is 218 g/mol. The van der Waals surface area contributed by atoms with Gasteiger partial charge in [-0.3, -0.25) is 14.5 Å². The molecule has 2 aromatic rings. The van der Waals surface area contributed by atoms with Crippen LogP contribution in [0.1, 0.15) is 6.42 Å². The SMILES string of the molecule is O=C(O)CCn1cc(-c2cccnc2)nn1. The van der Waals surface area contributed by atoms with Crippen LogP contribution in [-0.2, 0) is 11.3 Å². The van der Waals surface area contributed by atoms with Crippen LogP contribution < -0.4 is 0 Å². The second kappa shape index (κ2) is 4.52. The zero-order valence-electron chi connectivity index (χ0n) is 8.45. The second-order valence-electron chi connectivity index (χ2n) is 3.25. The van der Waals surface area contributed by atoms with E-state index in [2.05, 4.69) is 15.3 Å². The molecule has 1 N–H and O–H groups in total. The quantitative estimate of drug-likeness (QED) is 0.821. The van der Waals surface area contributed by atoms with Gasteiger partial charge in [0.2, 0.25) is 0 Å². The number of hydrogen-bond donors (Lipinski definition) is 1. The minimum absolute atomic E-state index is 0.0375. The van der Waals surface area contributed by atoms with E-state index in [0.717, 1.165) is 5.56 Å². The third-order valence-electron chi connectivity index (χ3n) is 2.05. The van der Waals surface area contributed by atoms with E-state index in [1.807, 2.05) is 12.1 Å². The van der Waals surface area contributed by atoms with Crippen LogP contribution >= 0.6 is 0 Å². The zero-order chi connectivity index (χ0) is 11.4. The highest BCUT2D eigenvalue weighted by molar-refractivity contribution is 5.66. The fraction of sp³-hybridized carbons (Fsp3) is 0.200. The van der Waals surface area contributed by atoms with Crippen molar-refractivity contribution in [1.29, 1.82) is 0 Å². The van der Waals surface area contributed by atoms with Crippen molar-refractivity contribution in [3.63, 3.8) is 0 Å². The Hall–Kier alpha value is -2.24. The van der Waals surface area contributed by atoms with Gasteiger partial charge in [-0.05, 0) is 12.1 Å². The number of aliphatic carboxylic acids is 1. The molecule has 16 heavy (non-hydrogen) atoms. The van der Waals surface area contributed by atoms with Gasteiger partial charge in [-0.2, -0.15) is 0 Å². The lowest BCUT2D eigenvalue weighted by Gasteiger charge is -1.95. The molecule has 0 bridgehead atoms. The smallest absolute Gasteiger partial charge is 0.305 e. The molecule has 0 aliphatic heterocycles. The summed E-state index contributed by atoms with van der Waals surface area (Å²) in [4.78, 5) is 14.4.